The molecule has 0 spiro atoms. The van der Waals surface area contributed by atoms with Crippen LogP contribution in [0.2, 0.25) is 0 Å². The standard InChI is InChI=1S/C23H23N3O2S/c1-15(17-9-4-3-5-10-17)24-20(27)13-8-14-26-23(28)21-18-11-6-7-12-19(18)29-22(21)16(2)25-26/h3-7,9-12,15H,8,13-14H2,1-2H3,(H,24,27)/t15-/m1/s1. The molecule has 0 bridgehead atoms. The minimum absolute atomic E-state index is 0.0202. The van der Waals surface area contributed by atoms with Gasteiger partial charge >= 0.3 is 0 Å². The van der Waals surface area contributed by atoms with E-state index in [-0.39, 0.29) is 17.5 Å². The molecule has 0 saturated carbocycles. The van der Waals surface area contributed by atoms with Gasteiger partial charge in [-0.2, -0.15) is 5.10 Å². The van der Waals surface area contributed by atoms with Crippen molar-refractivity contribution in [2.75, 3.05) is 0 Å². The van der Waals surface area contributed by atoms with Crippen LogP contribution in [0.1, 0.15) is 37.1 Å². The monoisotopic (exact) mass is 405 g/mol. The first kappa shape index (κ1) is 19.3. The van der Waals surface area contributed by atoms with Crippen LogP contribution in [0.15, 0.2) is 59.4 Å². The van der Waals surface area contributed by atoms with E-state index in [0.717, 1.165) is 31.4 Å². The predicted molar refractivity (Wildman–Crippen MR) is 118 cm³/mol. The second kappa shape index (κ2) is 8.17. The highest BCUT2D eigenvalue weighted by Crippen LogP contribution is 2.32. The lowest BCUT2D eigenvalue weighted by Crippen LogP contribution is -2.28. The maximum absolute atomic E-state index is 13.0. The summed E-state index contributed by atoms with van der Waals surface area (Å²) in [7, 11) is 0. The molecule has 1 atom stereocenters. The van der Waals surface area contributed by atoms with E-state index < -0.39 is 0 Å². The van der Waals surface area contributed by atoms with Crippen molar-refractivity contribution in [3.05, 3.63) is 76.2 Å². The van der Waals surface area contributed by atoms with Crippen LogP contribution in [0.4, 0.5) is 0 Å². The summed E-state index contributed by atoms with van der Waals surface area (Å²) < 4.78 is 3.54. The fraction of sp³-hybridized carbons (Fsp3) is 0.261. The first-order valence-electron chi connectivity index (χ1n) is 9.78. The number of amides is 1. The highest BCUT2D eigenvalue weighted by atomic mass is 32.1. The molecule has 0 unspecified atom stereocenters. The molecule has 0 saturated heterocycles. The number of nitrogens with one attached hydrogen (secondary N) is 1. The van der Waals surface area contributed by atoms with Crippen molar-refractivity contribution in [3.8, 4) is 0 Å². The average Bonchev–Trinajstić information content (AvgIpc) is 3.13. The third-order valence-electron chi connectivity index (χ3n) is 5.09. The highest BCUT2D eigenvalue weighted by Gasteiger charge is 2.15. The fourth-order valence-electron chi connectivity index (χ4n) is 3.59. The minimum atomic E-state index is -0.0823. The van der Waals surface area contributed by atoms with E-state index in [9.17, 15) is 9.59 Å². The van der Waals surface area contributed by atoms with E-state index >= 15 is 0 Å². The van der Waals surface area contributed by atoms with Gasteiger partial charge in [0.2, 0.25) is 5.91 Å². The largest absolute Gasteiger partial charge is 0.350 e. The van der Waals surface area contributed by atoms with Crippen LogP contribution in [0.3, 0.4) is 0 Å². The average molecular weight is 406 g/mol. The second-order valence-electron chi connectivity index (χ2n) is 7.22. The van der Waals surface area contributed by atoms with Crippen molar-refractivity contribution in [1.82, 2.24) is 15.1 Å². The van der Waals surface area contributed by atoms with E-state index in [2.05, 4.69) is 10.4 Å². The van der Waals surface area contributed by atoms with E-state index in [1.54, 1.807) is 11.3 Å². The molecule has 0 aliphatic rings. The van der Waals surface area contributed by atoms with Crippen molar-refractivity contribution in [2.45, 2.75) is 39.3 Å². The zero-order valence-electron chi connectivity index (χ0n) is 16.5. The summed E-state index contributed by atoms with van der Waals surface area (Å²) in [5.74, 6) is -0.0202. The Morgan fingerprint density at radius 3 is 2.66 bits per heavy atom. The number of hydrogen-bond acceptors (Lipinski definition) is 4. The number of benzene rings is 2. The van der Waals surface area contributed by atoms with Crippen LogP contribution < -0.4 is 10.9 Å². The third-order valence-corrected chi connectivity index (χ3v) is 6.37. The molecule has 1 N–H and O–H groups in total. The molecule has 2 aromatic carbocycles. The molecule has 0 radical (unpaired) electrons. The van der Waals surface area contributed by atoms with Crippen LogP contribution in [-0.4, -0.2) is 15.7 Å². The number of carbonyl (C=O) groups is 1. The summed E-state index contributed by atoms with van der Waals surface area (Å²) in [6.45, 7) is 4.33. The molecular weight excluding hydrogens is 382 g/mol. The molecular formula is C23H23N3O2S. The SMILES string of the molecule is Cc1nn(CCCC(=O)N[C@H](C)c2ccccc2)c(=O)c2c1sc1ccccc12. The molecule has 0 fully saturated rings. The Bertz CT molecular complexity index is 1230. The Kier molecular flexibility index (Phi) is 5.45. The van der Waals surface area contributed by atoms with Gasteiger partial charge in [-0.25, -0.2) is 4.68 Å². The Morgan fingerprint density at radius 1 is 1.14 bits per heavy atom. The first-order chi connectivity index (χ1) is 14.0. The van der Waals surface area contributed by atoms with Gasteiger partial charge in [-0.1, -0.05) is 48.5 Å². The minimum Gasteiger partial charge on any atom is -0.350 e. The number of aromatic nitrogens is 2. The number of carbonyl (C=O) groups excluding carboxylic acids is 1. The van der Waals surface area contributed by atoms with Crippen LogP contribution in [-0.2, 0) is 11.3 Å². The van der Waals surface area contributed by atoms with Crippen molar-refractivity contribution >= 4 is 37.4 Å². The number of hydrogen-bond donors (Lipinski definition) is 1. The Labute approximate surface area is 173 Å². The van der Waals surface area contributed by atoms with Crippen LogP contribution >= 0.6 is 11.3 Å². The highest BCUT2D eigenvalue weighted by molar-refractivity contribution is 7.26. The first-order valence-corrected chi connectivity index (χ1v) is 10.6. The number of thiophene rings is 1. The van der Waals surface area contributed by atoms with Crippen LogP contribution in [0.25, 0.3) is 20.2 Å². The molecule has 6 heteroatoms. The van der Waals surface area contributed by atoms with Gasteiger partial charge in [0.1, 0.15) is 0 Å². The molecule has 2 aromatic heterocycles. The molecule has 29 heavy (non-hydrogen) atoms. The normalized spacial score (nSPS) is 12.3. The zero-order chi connectivity index (χ0) is 20.4. The molecule has 1 amide bonds. The molecule has 4 rings (SSSR count). The lowest BCUT2D eigenvalue weighted by atomic mass is 10.1. The van der Waals surface area contributed by atoms with Gasteiger partial charge in [-0.05, 0) is 31.9 Å². The van der Waals surface area contributed by atoms with Crippen LogP contribution in [0.5, 0.6) is 0 Å². The number of fused-ring (bicyclic) bond motifs is 3. The summed E-state index contributed by atoms with van der Waals surface area (Å²) >= 11 is 1.60. The zero-order valence-corrected chi connectivity index (χ0v) is 17.3. The van der Waals surface area contributed by atoms with Gasteiger partial charge in [0.25, 0.3) is 5.56 Å². The summed E-state index contributed by atoms with van der Waals surface area (Å²) in [5.41, 5.74) is 1.84. The van der Waals surface area contributed by atoms with Crippen molar-refractivity contribution < 1.29 is 4.79 Å². The molecule has 5 nitrogen and oxygen atoms in total. The Balaban J connectivity index is 1.46. The van der Waals surface area contributed by atoms with E-state index in [0.29, 0.717) is 19.4 Å². The number of rotatable bonds is 6. The smallest absolute Gasteiger partial charge is 0.276 e. The lowest BCUT2D eigenvalue weighted by molar-refractivity contribution is -0.121. The molecule has 4 aromatic rings. The van der Waals surface area contributed by atoms with Gasteiger partial charge in [0.05, 0.1) is 21.8 Å². The topological polar surface area (TPSA) is 64.0 Å². The van der Waals surface area contributed by atoms with Crippen molar-refractivity contribution in [1.29, 1.82) is 0 Å². The maximum atomic E-state index is 13.0. The fourth-order valence-corrected chi connectivity index (χ4v) is 4.73. The van der Waals surface area contributed by atoms with Gasteiger partial charge in [0.15, 0.2) is 0 Å². The van der Waals surface area contributed by atoms with E-state index in [1.807, 2.05) is 68.4 Å². The van der Waals surface area contributed by atoms with Gasteiger partial charge in [-0.3, -0.25) is 9.59 Å². The molecule has 2 heterocycles. The third kappa shape index (κ3) is 3.93. The summed E-state index contributed by atoms with van der Waals surface area (Å²) in [5, 5.41) is 9.21. The van der Waals surface area contributed by atoms with Gasteiger partial charge < -0.3 is 5.32 Å². The molecule has 0 aliphatic heterocycles. The number of nitrogens with zero attached hydrogens (tertiary/aromatic N) is 2. The van der Waals surface area contributed by atoms with Gasteiger partial charge in [0, 0.05) is 23.1 Å². The van der Waals surface area contributed by atoms with Crippen LogP contribution in [0, 0.1) is 6.92 Å². The lowest BCUT2D eigenvalue weighted by Gasteiger charge is -2.14. The summed E-state index contributed by atoms with van der Waals surface area (Å²) in [6, 6.07) is 17.8. The Hall–Kier alpha value is -2.99. The van der Waals surface area contributed by atoms with Gasteiger partial charge in [-0.15, -0.1) is 11.3 Å². The molecule has 0 aliphatic carbocycles. The second-order valence-corrected chi connectivity index (χ2v) is 8.27. The summed E-state index contributed by atoms with van der Waals surface area (Å²) in [4.78, 5) is 25.3. The van der Waals surface area contributed by atoms with E-state index in [1.165, 1.54) is 4.68 Å². The Morgan fingerprint density at radius 2 is 1.86 bits per heavy atom. The maximum Gasteiger partial charge on any atom is 0.276 e. The molecule has 148 valence electrons. The quantitative estimate of drug-likeness (QED) is 0.511. The van der Waals surface area contributed by atoms with E-state index in [4.69, 9.17) is 0 Å². The van der Waals surface area contributed by atoms with Crippen molar-refractivity contribution in [3.63, 3.8) is 0 Å². The number of aryl methyl sites for hydroxylation is 2. The predicted octanol–water partition coefficient (Wildman–Crippen LogP) is 4.58. The van der Waals surface area contributed by atoms with Crippen molar-refractivity contribution in [2.24, 2.45) is 0 Å². The summed E-state index contributed by atoms with van der Waals surface area (Å²) in [6.07, 6.45) is 0.917.